The van der Waals surface area contributed by atoms with Crippen molar-refractivity contribution in [2.75, 3.05) is 0 Å². The highest BCUT2D eigenvalue weighted by Gasteiger charge is 2.06. The standard InChI is InChI=1S/C12H8IN3/c13-11-9-6-10(8-4-2-1-3-5-8)16-12(9)15-7-14-11/h1-7H,(H,14,15,16). The van der Waals surface area contributed by atoms with Crippen LogP contribution in [0.2, 0.25) is 0 Å². The topological polar surface area (TPSA) is 41.6 Å². The molecule has 16 heavy (non-hydrogen) atoms. The van der Waals surface area contributed by atoms with Gasteiger partial charge in [-0.05, 0) is 34.2 Å². The number of nitrogens with one attached hydrogen (secondary N) is 1. The minimum atomic E-state index is 0.887. The molecule has 0 unspecified atom stereocenters. The molecule has 0 fully saturated rings. The molecule has 0 amide bonds. The third kappa shape index (κ3) is 1.59. The van der Waals surface area contributed by atoms with Crippen LogP contribution < -0.4 is 0 Å². The second-order valence-electron chi connectivity index (χ2n) is 3.48. The molecule has 0 radical (unpaired) electrons. The lowest BCUT2D eigenvalue weighted by molar-refractivity contribution is 1.17. The highest BCUT2D eigenvalue weighted by molar-refractivity contribution is 14.1. The number of nitrogens with zero attached hydrogens (tertiary/aromatic N) is 2. The number of H-pyrrole nitrogens is 1. The van der Waals surface area contributed by atoms with Crippen LogP contribution in [0.3, 0.4) is 0 Å². The molecule has 78 valence electrons. The molecular weight excluding hydrogens is 313 g/mol. The summed E-state index contributed by atoms with van der Waals surface area (Å²) in [5.74, 6) is 0. The van der Waals surface area contributed by atoms with Gasteiger partial charge in [0.25, 0.3) is 0 Å². The van der Waals surface area contributed by atoms with E-state index in [9.17, 15) is 0 Å². The van der Waals surface area contributed by atoms with Crippen LogP contribution in [0.5, 0.6) is 0 Å². The van der Waals surface area contributed by atoms with E-state index in [0.717, 1.165) is 26.0 Å². The molecule has 1 aromatic carbocycles. The van der Waals surface area contributed by atoms with E-state index in [1.807, 2.05) is 18.2 Å². The van der Waals surface area contributed by atoms with Crippen molar-refractivity contribution in [3.8, 4) is 11.3 Å². The first kappa shape index (κ1) is 9.77. The monoisotopic (exact) mass is 321 g/mol. The molecule has 0 spiro atoms. The summed E-state index contributed by atoms with van der Waals surface area (Å²) in [6, 6.07) is 12.3. The van der Waals surface area contributed by atoms with Crippen molar-refractivity contribution in [3.63, 3.8) is 0 Å². The summed E-state index contributed by atoms with van der Waals surface area (Å²) < 4.78 is 0.973. The predicted molar refractivity (Wildman–Crippen MR) is 72.0 cm³/mol. The largest absolute Gasteiger partial charge is 0.339 e. The first-order valence-electron chi connectivity index (χ1n) is 4.89. The molecule has 1 N–H and O–H groups in total. The minimum absolute atomic E-state index is 0.887. The smallest absolute Gasteiger partial charge is 0.142 e. The SMILES string of the molecule is Ic1ncnc2[nH]c(-c3ccccc3)cc12. The van der Waals surface area contributed by atoms with Crippen LogP contribution in [-0.4, -0.2) is 15.0 Å². The molecule has 3 rings (SSSR count). The van der Waals surface area contributed by atoms with E-state index in [0.29, 0.717) is 0 Å². The molecule has 0 bridgehead atoms. The summed E-state index contributed by atoms with van der Waals surface area (Å²) in [5.41, 5.74) is 3.13. The maximum absolute atomic E-state index is 4.22. The zero-order valence-corrected chi connectivity index (χ0v) is 10.5. The van der Waals surface area contributed by atoms with Gasteiger partial charge in [0.05, 0.1) is 5.39 Å². The molecular formula is C12H8IN3. The predicted octanol–water partition coefficient (Wildman–Crippen LogP) is 3.23. The van der Waals surface area contributed by atoms with Crippen LogP contribution in [0.1, 0.15) is 0 Å². The summed E-state index contributed by atoms with van der Waals surface area (Å²) >= 11 is 2.22. The molecule has 4 heteroatoms. The van der Waals surface area contributed by atoms with Gasteiger partial charge in [-0.1, -0.05) is 30.3 Å². The van der Waals surface area contributed by atoms with Crippen molar-refractivity contribution >= 4 is 33.6 Å². The molecule has 0 atom stereocenters. The maximum Gasteiger partial charge on any atom is 0.142 e. The fraction of sp³-hybridized carbons (Fsp3) is 0. The number of halogens is 1. The molecule has 0 aliphatic carbocycles. The summed E-state index contributed by atoms with van der Waals surface area (Å²) in [6.45, 7) is 0. The second-order valence-corrected chi connectivity index (χ2v) is 4.50. The Hall–Kier alpha value is -1.43. The van der Waals surface area contributed by atoms with Crippen LogP contribution in [-0.2, 0) is 0 Å². The summed E-state index contributed by atoms with van der Waals surface area (Å²) in [5, 5.41) is 1.07. The Morgan fingerprint density at radius 1 is 1.06 bits per heavy atom. The normalized spacial score (nSPS) is 10.8. The number of hydrogen-bond acceptors (Lipinski definition) is 2. The lowest BCUT2D eigenvalue weighted by Crippen LogP contribution is -1.83. The van der Waals surface area contributed by atoms with Gasteiger partial charge in [0.1, 0.15) is 15.7 Å². The first-order chi connectivity index (χ1) is 7.84. The zero-order chi connectivity index (χ0) is 11.0. The van der Waals surface area contributed by atoms with Crippen LogP contribution in [0.25, 0.3) is 22.3 Å². The van der Waals surface area contributed by atoms with Crippen molar-refractivity contribution in [2.45, 2.75) is 0 Å². The van der Waals surface area contributed by atoms with Gasteiger partial charge in [0.15, 0.2) is 0 Å². The Morgan fingerprint density at radius 2 is 1.88 bits per heavy atom. The van der Waals surface area contributed by atoms with E-state index in [1.54, 1.807) is 6.33 Å². The number of aromatic nitrogens is 3. The fourth-order valence-corrected chi connectivity index (χ4v) is 2.22. The van der Waals surface area contributed by atoms with Crippen molar-refractivity contribution in [2.24, 2.45) is 0 Å². The number of rotatable bonds is 1. The molecule has 0 aliphatic rings. The van der Waals surface area contributed by atoms with Crippen LogP contribution in [0, 0.1) is 3.70 Å². The van der Waals surface area contributed by atoms with E-state index in [4.69, 9.17) is 0 Å². The second kappa shape index (κ2) is 3.86. The van der Waals surface area contributed by atoms with Gasteiger partial charge in [0, 0.05) is 5.69 Å². The Kier molecular flexibility index (Phi) is 2.36. The maximum atomic E-state index is 4.22. The Balaban J connectivity index is 2.23. The van der Waals surface area contributed by atoms with E-state index < -0.39 is 0 Å². The highest BCUT2D eigenvalue weighted by Crippen LogP contribution is 2.24. The summed E-state index contributed by atoms with van der Waals surface area (Å²) in [4.78, 5) is 11.7. The third-order valence-corrected chi connectivity index (χ3v) is 3.32. The zero-order valence-electron chi connectivity index (χ0n) is 8.31. The van der Waals surface area contributed by atoms with E-state index in [2.05, 4.69) is 55.7 Å². The van der Waals surface area contributed by atoms with E-state index in [1.165, 1.54) is 0 Å². The average Bonchev–Trinajstić information content (AvgIpc) is 2.76. The summed E-state index contributed by atoms with van der Waals surface area (Å²) in [7, 11) is 0. The minimum Gasteiger partial charge on any atom is -0.339 e. The van der Waals surface area contributed by atoms with E-state index >= 15 is 0 Å². The van der Waals surface area contributed by atoms with Crippen molar-refractivity contribution in [1.29, 1.82) is 0 Å². The van der Waals surface area contributed by atoms with Gasteiger partial charge in [0.2, 0.25) is 0 Å². The lowest BCUT2D eigenvalue weighted by Gasteiger charge is -1.94. The van der Waals surface area contributed by atoms with Gasteiger partial charge in [-0.3, -0.25) is 0 Å². The van der Waals surface area contributed by atoms with Gasteiger partial charge < -0.3 is 4.98 Å². The number of hydrogen-bond donors (Lipinski definition) is 1. The third-order valence-electron chi connectivity index (χ3n) is 2.46. The molecule has 3 nitrogen and oxygen atoms in total. The quantitative estimate of drug-likeness (QED) is 0.552. The number of fused-ring (bicyclic) bond motifs is 1. The van der Waals surface area contributed by atoms with Gasteiger partial charge in [-0.2, -0.15) is 0 Å². The molecule has 3 aromatic rings. The molecule has 0 aliphatic heterocycles. The number of benzene rings is 1. The van der Waals surface area contributed by atoms with Crippen molar-refractivity contribution in [3.05, 3.63) is 46.4 Å². The van der Waals surface area contributed by atoms with Crippen LogP contribution in [0.15, 0.2) is 42.7 Å². The first-order valence-corrected chi connectivity index (χ1v) is 5.97. The van der Waals surface area contributed by atoms with E-state index in [-0.39, 0.29) is 0 Å². The van der Waals surface area contributed by atoms with Crippen LogP contribution in [0.4, 0.5) is 0 Å². The molecule has 0 saturated carbocycles. The Morgan fingerprint density at radius 3 is 2.62 bits per heavy atom. The average molecular weight is 321 g/mol. The highest BCUT2D eigenvalue weighted by atomic mass is 127. The van der Waals surface area contributed by atoms with Crippen molar-refractivity contribution in [1.82, 2.24) is 15.0 Å². The molecule has 2 heterocycles. The Bertz CT molecular complexity index is 631. The lowest BCUT2D eigenvalue weighted by atomic mass is 10.1. The summed E-state index contributed by atoms with van der Waals surface area (Å²) in [6.07, 6.45) is 1.58. The van der Waals surface area contributed by atoms with Gasteiger partial charge in [-0.25, -0.2) is 9.97 Å². The molecule has 0 saturated heterocycles. The van der Waals surface area contributed by atoms with Crippen molar-refractivity contribution < 1.29 is 0 Å². The van der Waals surface area contributed by atoms with Crippen LogP contribution >= 0.6 is 22.6 Å². The Labute approximate surface area is 106 Å². The van der Waals surface area contributed by atoms with Gasteiger partial charge >= 0.3 is 0 Å². The fourth-order valence-electron chi connectivity index (χ4n) is 1.68. The van der Waals surface area contributed by atoms with Gasteiger partial charge in [-0.15, -0.1) is 0 Å². The molecule has 2 aromatic heterocycles. The number of aromatic amines is 1.